The van der Waals surface area contributed by atoms with Crippen LogP contribution in [0.25, 0.3) is 0 Å². The first kappa shape index (κ1) is 21.2. The molecule has 0 aliphatic carbocycles. The Labute approximate surface area is 168 Å². The fourth-order valence-electron chi connectivity index (χ4n) is 2.57. The van der Waals surface area contributed by atoms with Crippen LogP contribution in [0, 0.1) is 11.7 Å². The van der Waals surface area contributed by atoms with E-state index >= 15 is 0 Å². The van der Waals surface area contributed by atoms with Gasteiger partial charge in [0.05, 0.1) is 16.6 Å². The van der Waals surface area contributed by atoms with Crippen LogP contribution in [-0.4, -0.2) is 17.9 Å². The van der Waals surface area contributed by atoms with Gasteiger partial charge >= 0.3 is 0 Å². The van der Waals surface area contributed by atoms with Crippen molar-refractivity contribution < 1.29 is 14.0 Å². The first-order valence-electron chi connectivity index (χ1n) is 8.50. The molecule has 0 fully saturated rings. The minimum absolute atomic E-state index is 0.152. The van der Waals surface area contributed by atoms with Gasteiger partial charge in [-0.05, 0) is 48.7 Å². The van der Waals surface area contributed by atoms with Crippen molar-refractivity contribution in [2.45, 2.75) is 32.9 Å². The lowest BCUT2D eigenvalue weighted by atomic mass is 10.0. The van der Waals surface area contributed by atoms with Gasteiger partial charge in [-0.15, -0.1) is 0 Å². The molecule has 0 spiro atoms. The monoisotopic (exact) mass is 410 g/mol. The van der Waals surface area contributed by atoms with Gasteiger partial charge in [0.15, 0.2) is 0 Å². The highest BCUT2D eigenvalue weighted by Crippen LogP contribution is 2.21. The minimum atomic E-state index is -0.757. The molecule has 0 saturated carbocycles. The summed E-state index contributed by atoms with van der Waals surface area (Å²) in [5.74, 6) is -1.29. The summed E-state index contributed by atoms with van der Waals surface area (Å²) < 4.78 is 13.1. The van der Waals surface area contributed by atoms with Crippen LogP contribution in [0.1, 0.15) is 42.7 Å². The molecule has 2 aromatic carbocycles. The number of benzene rings is 2. The number of rotatable bonds is 6. The average Bonchev–Trinajstić information content (AvgIpc) is 2.59. The molecule has 0 aliphatic heterocycles. The molecule has 2 aromatic rings. The Morgan fingerprint density at radius 3 is 2.15 bits per heavy atom. The topological polar surface area (TPSA) is 58.2 Å². The second kappa shape index (κ2) is 9.20. The summed E-state index contributed by atoms with van der Waals surface area (Å²) in [5.41, 5.74) is 1.01. The van der Waals surface area contributed by atoms with Crippen LogP contribution in [0.3, 0.4) is 0 Å². The van der Waals surface area contributed by atoms with Gasteiger partial charge in [0.1, 0.15) is 11.9 Å². The Bertz CT molecular complexity index is 825. The van der Waals surface area contributed by atoms with Crippen molar-refractivity contribution in [2.24, 2.45) is 5.92 Å². The first-order chi connectivity index (χ1) is 12.7. The predicted molar refractivity (Wildman–Crippen MR) is 106 cm³/mol. The van der Waals surface area contributed by atoms with Gasteiger partial charge in [-0.1, -0.05) is 49.2 Å². The fourth-order valence-corrected chi connectivity index (χ4v) is 3.06. The molecule has 2 rings (SSSR count). The van der Waals surface area contributed by atoms with E-state index in [2.05, 4.69) is 10.6 Å². The van der Waals surface area contributed by atoms with Crippen LogP contribution in [0.4, 0.5) is 4.39 Å². The molecule has 0 heterocycles. The second-order valence-corrected chi connectivity index (χ2v) is 7.44. The zero-order valence-electron chi connectivity index (χ0n) is 15.2. The quantitative estimate of drug-likeness (QED) is 0.720. The van der Waals surface area contributed by atoms with E-state index in [1.807, 2.05) is 13.8 Å². The molecule has 2 N–H and O–H groups in total. The Morgan fingerprint density at radius 1 is 0.963 bits per heavy atom. The van der Waals surface area contributed by atoms with Crippen molar-refractivity contribution in [3.8, 4) is 0 Å². The molecule has 0 aliphatic rings. The molecule has 0 bridgehead atoms. The highest BCUT2D eigenvalue weighted by atomic mass is 35.5. The number of hydrogen-bond donors (Lipinski definition) is 2. The smallest absolute Gasteiger partial charge is 0.253 e. The summed E-state index contributed by atoms with van der Waals surface area (Å²) in [5, 5.41) is 6.20. The van der Waals surface area contributed by atoms with Gasteiger partial charge in [0.25, 0.3) is 5.91 Å². The molecule has 0 saturated heterocycles. The fraction of sp³-hybridized carbons (Fsp3) is 0.300. The normalized spacial score (nSPS) is 13.1. The van der Waals surface area contributed by atoms with Gasteiger partial charge in [-0.25, -0.2) is 4.39 Å². The first-order valence-corrected chi connectivity index (χ1v) is 9.26. The molecular weight excluding hydrogens is 390 g/mol. The maximum Gasteiger partial charge on any atom is 0.253 e. The van der Waals surface area contributed by atoms with Gasteiger partial charge < -0.3 is 10.6 Å². The van der Waals surface area contributed by atoms with Crippen LogP contribution in [0.15, 0.2) is 42.5 Å². The molecule has 2 unspecified atom stereocenters. The van der Waals surface area contributed by atoms with E-state index in [0.29, 0.717) is 5.02 Å². The van der Waals surface area contributed by atoms with E-state index in [0.717, 1.165) is 5.56 Å². The Morgan fingerprint density at radius 2 is 1.59 bits per heavy atom. The van der Waals surface area contributed by atoms with Gasteiger partial charge in [-0.3, -0.25) is 9.59 Å². The van der Waals surface area contributed by atoms with E-state index in [1.54, 1.807) is 25.1 Å². The van der Waals surface area contributed by atoms with E-state index in [1.165, 1.54) is 24.3 Å². The van der Waals surface area contributed by atoms with Crippen molar-refractivity contribution in [3.63, 3.8) is 0 Å². The lowest BCUT2D eigenvalue weighted by Gasteiger charge is -2.24. The van der Waals surface area contributed by atoms with E-state index in [9.17, 15) is 14.0 Å². The summed E-state index contributed by atoms with van der Waals surface area (Å²) in [4.78, 5) is 25.2. The molecule has 0 aromatic heterocycles. The number of nitrogens with one attached hydrogen (secondary N) is 2. The lowest BCUT2D eigenvalue weighted by molar-refractivity contribution is -0.124. The zero-order valence-corrected chi connectivity index (χ0v) is 16.7. The second-order valence-electron chi connectivity index (χ2n) is 6.60. The maximum absolute atomic E-state index is 13.1. The molecular formula is C20H21Cl2FN2O2. The highest BCUT2D eigenvalue weighted by molar-refractivity contribution is 6.36. The highest BCUT2D eigenvalue weighted by Gasteiger charge is 2.26. The van der Waals surface area contributed by atoms with Crippen molar-refractivity contribution >= 4 is 35.0 Å². The average molecular weight is 411 g/mol. The van der Waals surface area contributed by atoms with Gasteiger partial charge in [0, 0.05) is 5.02 Å². The number of carbonyl (C=O) groups excluding carboxylic acids is 2. The van der Waals surface area contributed by atoms with Crippen LogP contribution in [-0.2, 0) is 4.79 Å². The van der Waals surface area contributed by atoms with Crippen molar-refractivity contribution in [2.75, 3.05) is 0 Å². The summed E-state index contributed by atoms with van der Waals surface area (Å²) in [6.45, 7) is 5.45. The molecule has 4 nitrogen and oxygen atoms in total. The Kier molecular flexibility index (Phi) is 7.22. The third-order valence-corrected chi connectivity index (χ3v) is 4.69. The standard InChI is InChI=1S/C20H21Cl2FN2O2/c1-11(2)18(25-19(26)16-9-6-14(21)10-17(16)22)20(27)24-12(3)13-4-7-15(23)8-5-13/h4-12,18H,1-3H3,(H,24,27)(H,25,26). The van der Waals surface area contributed by atoms with Crippen molar-refractivity contribution in [3.05, 3.63) is 69.5 Å². The van der Waals surface area contributed by atoms with Gasteiger partial charge in [-0.2, -0.15) is 0 Å². The molecule has 2 atom stereocenters. The molecule has 144 valence electrons. The number of amides is 2. The summed E-state index contributed by atoms with van der Waals surface area (Å²) in [7, 11) is 0. The number of carbonyl (C=O) groups is 2. The van der Waals surface area contributed by atoms with Crippen molar-refractivity contribution in [1.82, 2.24) is 10.6 Å². The van der Waals surface area contributed by atoms with E-state index in [4.69, 9.17) is 23.2 Å². The zero-order chi connectivity index (χ0) is 20.1. The van der Waals surface area contributed by atoms with Crippen LogP contribution in [0.5, 0.6) is 0 Å². The number of halogens is 3. The molecule has 27 heavy (non-hydrogen) atoms. The SMILES string of the molecule is CC(NC(=O)C(NC(=O)c1ccc(Cl)cc1Cl)C(C)C)c1ccc(F)cc1. The minimum Gasteiger partial charge on any atom is -0.348 e. The predicted octanol–water partition coefficient (Wildman–Crippen LogP) is 4.76. The summed E-state index contributed by atoms with van der Waals surface area (Å²) >= 11 is 11.9. The van der Waals surface area contributed by atoms with Crippen LogP contribution >= 0.6 is 23.2 Å². The number of hydrogen-bond acceptors (Lipinski definition) is 2. The van der Waals surface area contributed by atoms with Crippen LogP contribution < -0.4 is 10.6 Å². The Balaban J connectivity index is 2.10. The molecule has 7 heteroatoms. The van der Waals surface area contributed by atoms with Crippen molar-refractivity contribution in [1.29, 1.82) is 0 Å². The van der Waals surface area contributed by atoms with Crippen LogP contribution in [0.2, 0.25) is 10.0 Å². The largest absolute Gasteiger partial charge is 0.348 e. The summed E-state index contributed by atoms with van der Waals surface area (Å²) in [6.07, 6.45) is 0. The Hall–Kier alpha value is -2.11. The summed E-state index contributed by atoms with van der Waals surface area (Å²) in [6, 6.07) is 9.33. The lowest BCUT2D eigenvalue weighted by Crippen LogP contribution is -2.50. The third kappa shape index (κ3) is 5.68. The maximum atomic E-state index is 13.1. The van der Waals surface area contributed by atoms with E-state index in [-0.39, 0.29) is 34.3 Å². The third-order valence-electron chi connectivity index (χ3n) is 4.14. The molecule has 2 amide bonds. The van der Waals surface area contributed by atoms with Gasteiger partial charge in [0.2, 0.25) is 5.91 Å². The molecule has 0 radical (unpaired) electrons. The van der Waals surface area contributed by atoms with E-state index < -0.39 is 11.9 Å².